The molecule has 0 saturated carbocycles. The Morgan fingerprint density at radius 2 is 2.00 bits per heavy atom. The molecule has 2 atom stereocenters. The minimum absolute atomic E-state index is 0.0413. The van der Waals surface area contributed by atoms with Crippen LogP contribution in [-0.4, -0.2) is 17.8 Å². The number of benzene rings is 2. The summed E-state index contributed by atoms with van der Waals surface area (Å²) in [6.07, 6.45) is 2.00. The minimum atomic E-state index is -0.408. The standard InChI is InChI=1S/C21H17ClN2O3/c1-25-15-7-4-13(5-8-15)17-12-18-16-11-14(22)6-9-19(16)27-21(24(18)23-17)20-3-2-10-26-20/h2-11,18,21H,12H2,1H3/t18-,21-/m0/s1. The normalized spacial score (nSPS) is 20.5. The average molecular weight is 381 g/mol. The number of hydrogen-bond donors (Lipinski definition) is 0. The number of hydrogen-bond acceptors (Lipinski definition) is 5. The lowest BCUT2D eigenvalue weighted by Crippen LogP contribution is -2.33. The van der Waals surface area contributed by atoms with Gasteiger partial charge in [-0.05, 0) is 60.2 Å². The molecule has 2 aliphatic rings. The number of hydrazone groups is 1. The Labute approximate surface area is 161 Å². The van der Waals surface area contributed by atoms with Crippen LogP contribution >= 0.6 is 11.6 Å². The molecule has 0 spiro atoms. The van der Waals surface area contributed by atoms with Crippen LogP contribution in [-0.2, 0) is 0 Å². The van der Waals surface area contributed by atoms with Crippen molar-refractivity contribution in [2.24, 2.45) is 5.10 Å². The Morgan fingerprint density at radius 3 is 2.74 bits per heavy atom. The Balaban J connectivity index is 1.57. The van der Waals surface area contributed by atoms with Crippen molar-refractivity contribution < 1.29 is 13.9 Å². The van der Waals surface area contributed by atoms with Gasteiger partial charge in [0.25, 0.3) is 0 Å². The molecule has 136 valence electrons. The van der Waals surface area contributed by atoms with Crippen molar-refractivity contribution >= 4 is 17.3 Å². The summed E-state index contributed by atoms with van der Waals surface area (Å²) in [5.74, 6) is 2.36. The lowest BCUT2D eigenvalue weighted by atomic mass is 9.96. The van der Waals surface area contributed by atoms with Gasteiger partial charge in [0.1, 0.15) is 11.5 Å². The van der Waals surface area contributed by atoms with Gasteiger partial charge in [0.15, 0.2) is 5.76 Å². The van der Waals surface area contributed by atoms with E-state index in [1.54, 1.807) is 13.4 Å². The molecule has 0 N–H and O–H groups in total. The van der Waals surface area contributed by atoms with Crippen LogP contribution in [0.4, 0.5) is 0 Å². The number of furan rings is 1. The second-order valence-electron chi connectivity index (χ2n) is 6.54. The van der Waals surface area contributed by atoms with Crippen molar-refractivity contribution in [1.82, 2.24) is 5.01 Å². The van der Waals surface area contributed by atoms with Gasteiger partial charge in [-0.3, -0.25) is 0 Å². The molecule has 0 bridgehead atoms. The van der Waals surface area contributed by atoms with Crippen LogP contribution in [0.15, 0.2) is 70.4 Å². The summed E-state index contributed by atoms with van der Waals surface area (Å²) < 4.78 is 17.1. The summed E-state index contributed by atoms with van der Waals surface area (Å²) in [4.78, 5) is 0. The van der Waals surface area contributed by atoms with Gasteiger partial charge in [-0.25, -0.2) is 5.01 Å². The molecule has 27 heavy (non-hydrogen) atoms. The van der Waals surface area contributed by atoms with E-state index < -0.39 is 6.23 Å². The van der Waals surface area contributed by atoms with Crippen molar-refractivity contribution in [1.29, 1.82) is 0 Å². The van der Waals surface area contributed by atoms with Gasteiger partial charge in [-0.2, -0.15) is 5.10 Å². The summed E-state index contributed by atoms with van der Waals surface area (Å²) in [5, 5.41) is 7.54. The number of nitrogens with zero attached hydrogens (tertiary/aromatic N) is 2. The molecule has 2 aromatic carbocycles. The third-order valence-corrected chi connectivity index (χ3v) is 5.20. The Kier molecular flexibility index (Phi) is 3.83. The molecule has 2 aliphatic heterocycles. The fourth-order valence-corrected chi connectivity index (χ4v) is 3.82. The molecule has 0 fully saturated rings. The van der Waals surface area contributed by atoms with Gasteiger partial charge in [0.2, 0.25) is 6.23 Å². The molecule has 6 heteroatoms. The van der Waals surface area contributed by atoms with Gasteiger partial charge in [-0.15, -0.1) is 0 Å². The maximum Gasteiger partial charge on any atom is 0.246 e. The van der Waals surface area contributed by atoms with Gasteiger partial charge >= 0.3 is 0 Å². The zero-order valence-corrected chi connectivity index (χ0v) is 15.4. The Hall–Kier alpha value is -2.92. The molecule has 0 unspecified atom stereocenters. The maximum absolute atomic E-state index is 6.25. The quantitative estimate of drug-likeness (QED) is 0.627. The predicted molar refractivity (Wildman–Crippen MR) is 102 cm³/mol. The van der Waals surface area contributed by atoms with Crippen molar-refractivity contribution in [3.63, 3.8) is 0 Å². The van der Waals surface area contributed by atoms with E-state index in [2.05, 4.69) is 0 Å². The molecule has 1 aromatic heterocycles. The van der Waals surface area contributed by atoms with Gasteiger partial charge < -0.3 is 13.9 Å². The first-order chi connectivity index (χ1) is 13.2. The molecule has 3 heterocycles. The predicted octanol–water partition coefficient (Wildman–Crippen LogP) is 5.18. The monoisotopic (exact) mass is 380 g/mol. The summed E-state index contributed by atoms with van der Waals surface area (Å²) in [7, 11) is 1.66. The number of fused-ring (bicyclic) bond motifs is 3. The largest absolute Gasteiger partial charge is 0.497 e. The first kappa shape index (κ1) is 16.3. The molecule has 0 radical (unpaired) electrons. The van der Waals surface area contributed by atoms with E-state index in [0.29, 0.717) is 5.02 Å². The molecule has 5 nitrogen and oxygen atoms in total. The van der Waals surface area contributed by atoms with Crippen LogP contribution < -0.4 is 9.47 Å². The van der Waals surface area contributed by atoms with Crippen molar-refractivity contribution in [2.75, 3.05) is 7.11 Å². The molecular formula is C21H17ClN2O3. The zero-order chi connectivity index (χ0) is 18.4. The first-order valence-corrected chi connectivity index (χ1v) is 9.10. The van der Waals surface area contributed by atoms with E-state index in [-0.39, 0.29) is 6.04 Å². The number of methoxy groups -OCH3 is 1. The van der Waals surface area contributed by atoms with Gasteiger partial charge in [0, 0.05) is 17.0 Å². The highest BCUT2D eigenvalue weighted by Crippen LogP contribution is 2.48. The van der Waals surface area contributed by atoms with Crippen molar-refractivity contribution in [2.45, 2.75) is 18.7 Å². The number of rotatable bonds is 3. The van der Waals surface area contributed by atoms with Crippen LogP contribution in [0.3, 0.4) is 0 Å². The zero-order valence-electron chi connectivity index (χ0n) is 14.6. The number of halogens is 1. The topological polar surface area (TPSA) is 47.2 Å². The third kappa shape index (κ3) is 2.75. The second-order valence-corrected chi connectivity index (χ2v) is 6.98. The minimum Gasteiger partial charge on any atom is -0.497 e. The highest BCUT2D eigenvalue weighted by molar-refractivity contribution is 6.30. The molecule has 0 aliphatic carbocycles. The Morgan fingerprint density at radius 1 is 1.15 bits per heavy atom. The SMILES string of the molecule is COc1ccc(C2=NN3[C@@H](C2)c2cc(Cl)ccc2O[C@H]3c2ccco2)cc1. The molecule has 3 aromatic rings. The fraction of sp³-hybridized carbons (Fsp3) is 0.190. The van der Waals surface area contributed by atoms with Crippen molar-refractivity contribution in [3.05, 3.63) is 82.8 Å². The lowest BCUT2D eigenvalue weighted by molar-refractivity contribution is -0.0325. The van der Waals surface area contributed by atoms with E-state index in [9.17, 15) is 0 Å². The summed E-state index contributed by atoms with van der Waals surface area (Å²) >= 11 is 6.25. The lowest BCUT2D eigenvalue weighted by Gasteiger charge is -2.36. The van der Waals surface area contributed by atoms with E-state index in [0.717, 1.165) is 40.5 Å². The van der Waals surface area contributed by atoms with E-state index >= 15 is 0 Å². The van der Waals surface area contributed by atoms with E-state index in [4.69, 9.17) is 30.6 Å². The highest BCUT2D eigenvalue weighted by atomic mass is 35.5. The van der Waals surface area contributed by atoms with Crippen molar-refractivity contribution in [3.8, 4) is 11.5 Å². The highest BCUT2D eigenvalue weighted by Gasteiger charge is 2.42. The summed E-state index contributed by atoms with van der Waals surface area (Å²) in [5.41, 5.74) is 3.10. The molecule has 0 amide bonds. The van der Waals surface area contributed by atoms with Crippen LogP contribution in [0.5, 0.6) is 11.5 Å². The average Bonchev–Trinajstić information content (AvgIpc) is 3.38. The van der Waals surface area contributed by atoms with Gasteiger partial charge in [-0.1, -0.05) is 11.6 Å². The molecular weight excluding hydrogens is 364 g/mol. The summed E-state index contributed by atoms with van der Waals surface area (Å²) in [6, 6.07) is 17.5. The smallest absolute Gasteiger partial charge is 0.246 e. The Bertz CT molecular complexity index is 999. The summed E-state index contributed by atoms with van der Waals surface area (Å²) in [6.45, 7) is 0. The van der Waals surface area contributed by atoms with Crippen LogP contribution in [0.2, 0.25) is 5.02 Å². The van der Waals surface area contributed by atoms with Crippen LogP contribution in [0.25, 0.3) is 0 Å². The van der Waals surface area contributed by atoms with Crippen LogP contribution in [0, 0.1) is 0 Å². The van der Waals surface area contributed by atoms with E-state index in [1.807, 2.05) is 59.6 Å². The number of ether oxygens (including phenoxy) is 2. The van der Waals surface area contributed by atoms with Gasteiger partial charge in [0.05, 0.1) is 25.1 Å². The first-order valence-electron chi connectivity index (χ1n) is 8.72. The second kappa shape index (κ2) is 6.35. The molecule has 5 rings (SSSR count). The molecule has 0 saturated heterocycles. The maximum atomic E-state index is 6.25. The third-order valence-electron chi connectivity index (χ3n) is 4.96. The fourth-order valence-electron chi connectivity index (χ4n) is 3.64. The van der Waals surface area contributed by atoms with Crippen LogP contribution in [0.1, 0.15) is 35.6 Å². The van der Waals surface area contributed by atoms with E-state index in [1.165, 1.54) is 0 Å².